The lowest BCUT2D eigenvalue weighted by Crippen LogP contribution is -2.27. The molecule has 0 aliphatic carbocycles. The first-order chi connectivity index (χ1) is 25.1. The molecule has 0 fully saturated rings. The molecule has 0 aromatic carbocycles. The first-order valence-corrected chi connectivity index (χ1v) is 24.1. The molecule has 320 valence electrons. The van der Waals surface area contributed by atoms with Crippen LogP contribution in [0.1, 0.15) is 198 Å². The van der Waals surface area contributed by atoms with Crippen molar-refractivity contribution in [3.63, 3.8) is 0 Å². The average Bonchev–Trinajstić information content (AvgIpc) is 3.07. The third-order valence-corrected chi connectivity index (χ3v) is 12.3. The summed E-state index contributed by atoms with van der Waals surface area (Å²) in [5.74, 6) is 6.12. The van der Waals surface area contributed by atoms with Crippen LogP contribution >= 0.6 is 7.82 Å². The van der Waals surface area contributed by atoms with E-state index in [0.29, 0.717) is 31.7 Å². The molecule has 0 saturated carbocycles. The second-order valence-corrected chi connectivity index (χ2v) is 20.0. The van der Waals surface area contributed by atoms with Gasteiger partial charge in [-0.1, -0.05) is 185 Å². The summed E-state index contributed by atoms with van der Waals surface area (Å²) in [6.07, 6.45) is 25.5. The lowest BCUT2D eigenvalue weighted by Gasteiger charge is -2.21. The van der Waals surface area contributed by atoms with E-state index in [-0.39, 0.29) is 19.8 Å². The van der Waals surface area contributed by atoms with E-state index in [0.717, 1.165) is 48.3 Å². The molecule has 8 atom stereocenters. The third-order valence-electron chi connectivity index (χ3n) is 11.4. The predicted molar refractivity (Wildman–Crippen MR) is 228 cm³/mol. The van der Waals surface area contributed by atoms with Crippen LogP contribution in [-0.4, -0.2) is 50.6 Å². The summed E-state index contributed by atoms with van der Waals surface area (Å²) >= 11 is 0. The highest BCUT2D eigenvalue weighted by Gasteiger charge is 2.24. The standard InChI is InChI=1S/C45H94NO6P/c1-37(2)17-11-19-39(5)21-13-23-41(7)25-15-27-43(9)29-32-49-35-45(36-52-53(47,48)51-34-31-46)50-33-30-44(10)28-16-26-42(8)24-14-22-40(6)20-12-18-38(3)4/h37-45H,11-36,46H2,1-10H3,(H,47,48)/t39?,40?,41?,42?,43?,44?,45-/m1/s1. The molecule has 0 aliphatic heterocycles. The Bertz CT molecular complexity index is 844. The normalized spacial score (nSPS) is 17.5. The zero-order chi connectivity index (χ0) is 39.9. The van der Waals surface area contributed by atoms with E-state index in [1.807, 2.05) is 0 Å². The first-order valence-electron chi connectivity index (χ1n) is 22.6. The molecule has 8 heteroatoms. The van der Waals surface area contributed by atoms with Gasteiger partial charge in [-0.15, -0.1) is 0 Å². The third kappa shape index (κ3) is 36.1. The zero-order valence-electron chi connectivity index (χ0n) is 37.1. The SMILES string of the molecule is CC(C)CCCC(C)CCCC(C)CCCC(C)CCOC[C@H](COP(=O)(O)OCCN)OCCC(C)CCCC(C)CCCC(C)CCCC(C)C. The van der Waals surface area contributed by atoms with E-state index in [4.69, 9.17) is 24.3 Å². The summed E-state index contributed by atoms with van der Waals surface area (Å²) < 4.78 is 34.7. The Morgan fingerprint density at radius 2 is 0.792 bits per heavy atom. The van der Waals surface area contributed by atoms with Gasteiger partial charge in [-0.3, -0.25) is 9.05 Å². The fourth-order valence-electron chi connectivity index (χ4n) is 7.34. The van der Waals surface area contributed by atoms with Crippen molar-refractivity contribution in [1.29, 1.82) is 0 Å². The van der Waals surface area contributed by atoms with Gasteiger partial charge in [0.1, 0.15) is 6.10 Å². The summed E-state index contributed by atoms with van der Waals surface area (Å²) in [5, 5.41) is 0. The second kappa shape index (κ2) is 34.1. The lowest BCUT2D eigenvalue weighted by molar-refractivity contribution is -0.0475. The number of phosphoric acid groups is 1. The van der Waals surface area contributed by atoms with Crippen LogP contribution in [-0.2, 0) is 23.1 Å². The first kappa shape index (κ1) is 53.0. The fourth-order valence-corrected chi connectivity index (χ4v) is 8.10. The van der Waals surface area contributed by atoms with Crippen LogP contribution in [0.25, 0.3) is 0 Å². The van der Waals surface area contributed by atoms with Crippen molar-refractivity contribution in [1.82, 2.24) is 0 Å². The molecule has 0 saturated heterocycles. The molecule has 0 amide bonds. The van der Waals surface area contributed by atoms with Crippen molar-refractivity contribution >= 4 is 7.82 Å². The van der Waals surface area contributed by atoms with Crippen LogP contribution < -0.4 is 5.73 Å². The maximum Gasteiger partial charge on any atom is 0.472 e. The summed E-state index contributed by atoms with van der Waals surface area (Å²) in [6, 6.07) is 0. The average molecular weight is 776 g/mol. The van der Waals surface area contributed by atoms with Gasteiger partial charge in [0.25, 0.3) is 0 Å². The minimum atomic E-state index is -4.17. The molecule has 7 unspecified atom stereocenters. The van der Waals surface area contributed by atoms with Gasteiger partial charge >= 0.3 is 7.82 Å². The second-order valence-electron chi connectivity index (χ2n) is 18.5. The highest BCUT2D eigenvalue weighted by Crippen LogP contribution is 2.43. The number of ether oxygens (including phenoxy) is 2. The van der Waals surface area contributed by atoms with Crippen LogP contribution in [0.3, 0.4) is 0 Å². The van der Waals surface area contributed by atoms with Gasteiger partial charge in [0.2, 0.25) is 0 Å². The van der Waals surface area contributed by atoms with Gasteiger partial charge in [-0.25, -0.2) is 4.57 Å². The van der Waals surface area contributed by atoms with Gasteiger partial charge in [0.15, 0.2) is 0 Å². The number of nitrogens with two attached hydrogens (primary N) is 1. The van der Waals surface area contributed by atoms with Crippen molar-refractivity contribution in [3.8, 4) is 0 Å². The molecule has 0 spiro atoms. The van der Waals surface area contributed by atoms with Crippen molar-refractivity contribution in [2.45, 2.75) is 204 Å². The fraction of sp³-hybridized carbons (Fsp3) is 1.00. The maximum atomic E-state index is 12.3. The van der Waals surface area contributed by atoms with E-state index in [1.165, 1.54) is 116 Å². The Balaban J connectivity index is 4.37. The van der Waals surface area contributed by atoms with Crippen molar-refractivity contribution in [2.75, 3.05) is 39.6 Å². The zero-order valence-corrected chi connectivity index (χ0v) is 38.0. The molecule has 7 nitrogen and oxygen atoms in total. The molecule has 0 radical (unpaired) electrons. The number of hydrogen-bond donors (Lipinski definition) is 2. The van der Waals surface area contributed by atoms with E-state index in [2.05, 4.69) is 69.2 Å². The summed E-state index contributed by atoms with van der Waals surface area (Å²) in [6.45, 7) is 25.3. The quantitative estimate of drug-likeness (QED) is 0.0474. The smallest absolute Gasteiger partial charge is 0.379 e. The predicted octanol–water partition coefficient (Wildman–Crippen LogP) is 13.4. The van der Waals surface area contributed by atoms with Crippen molar-refractivity contribution in [3.05, 3.63) is 0 Å². The molecule has 0 heterocycles. The van der Waals surface area contributed by atoms with Crippen LogP contribution in [0.2, 0.25) is 0 Å². The van der Waals surface area contributed by atoms with E-state index < -0.39 is 13.9 Å². The van der Waals surface area contributed by atoms with E-state index in [9.17, 15) is 9.46 Å². The number of phosphoric ester groups is 1. The van der Waals surface area contributed by atoms with Gasteiger partial charge in [-0.2, -0.15) is 0 Å². The highest BCUT2D eigenvalue weighted by molar-refractivity contribution is 7.47. The van der Waals surface area contributed by atoms with Crippen LogP contribution in [0.15, 0.2) is 0 Å². The monoisotopic (exact) mass is 776 g/mol. The topological polar surface area (TPSA) is 100 Å². The van der Waals surface area contributed by atoms with Crippen LogP contribution in [0.5, 0.6) is 0 Å². The van der Waals surface area contributed by atoms with Crippen LogP contribution in [0, 0.1) is 47.3 Å². The molecule has 53 heavy (non-hydrogen) atoms. The minimum Gasteiger partial charge on any atom is -0.379 e. The molecular weight excluding hydrogens is 681 g/mol. The number of rotatable bonds is 39. The van der Waals surface area contributed by atoms with Crippen molar-refractivity contribution in [2.24, 2.45) is 53.1 Å². The molecule has 0 aromatic rings. The molecule has 0 aliphatic rings. The Morgan fingerprint density at radius 3 is 1.15 bits per heavy atom. The van der Waals surface area contributed by atoms with Gasteiger partial charge in [0.05, 0.1) is 19.8 Å². The van der Waals surface area contributed by atoms with Gasteiger partial charge in [0, 0.05) is 19.8 Å². The summed E-state index contributed by atoms with van der Waals surface area (Å²) in [7, 11) is -4.17. The highest BCUT2D eigenvalue weighted by atomic mass is 31.2. The Kier molecular flexibility index (Phi) is 34.1. The molecule has 0 rings (SSSR count). The number of hydrogen-bond acceptors (Lipinski definition) is 6. The minimum absolute atomic E-state index is 0.0298. The van der Waals surface area contributed by atoms with E-state index >= 15 is 0 Å². The van der Waals surface area contributed by atoms with Crippen molar-refractivity contribution < 1.29 is 28.0 Å². The largest absolute Gasteiger partial charge is 0.472 e. The maximum absolute atomic E-state index is 12.3. The molecule has 0 aromatic heterocycles. The Labute approximate surface area is 331 Å². The Hall–Kier alpha value is -0.0100. The summed E-state index contributed by atoms with van der Waals surface area (Å²) in [4.78, 5) is 10.0. The van der Waals surface area contributed by atoms with E-state index in [1.54, 1.807) is 0 Å². The summed E-state index contributed by atoms with van der Waals surface area (Å²) in [5.41, 5.74) is 5.43. The van der Waals surface area contributed by atoms with Crippen LogP contribution in [0.4, 0.5) is 0 Å². The molecule has 0 bridgehead atoms. The molecular formula is C45H94NO6P. The Morgan fingerprint density at radius 1 is 0.453 bits per heavy atom. The molecule has 3 N–H and O–H groups in total. The van der Waals surface area contributed by atoms with Gasteiger partial charge in [-0.05, 0) is 60.2 Å². The van der Waals surface area contributed by atoms with Gasteiger partial charge < -0.3 is 20.1 Å². The lowest BCUT2D eigenvalue weighted by atomic mass is 9.91.